The first-order chi connectivity index (χ1) is 31.5. The lowest BCUT2D eigenvalue weighted by Gasteiger charge is -2.28. The fraction of sp³-hybridized carbons (Fsp3) is 0.0492. The molecule has 0 radical (unpaired) electrons. The van der Waals surface area contributed by atoms with Gasteiger partial charge in [-0.25, -0.2) is 0 Å². The van der Waals surface area contributed by atoms with Crippen molar-refractivity contribution < 1.29 is 8.83 Å². The molecule has 10 aromatic carbocycles. The number of para-hydroxylation sites is 1. The van der Waals surface area contributed by atoms with Crippen molar-refractivity contribution >= 4 is 71.7 Å². The van der Waals surface area contributed by atoms with Crippen molar-refractivity contribution in [2.24, 2.45) is 0 Å². The van der Waals surface area contributed by atoms with Gasteiger partial charge >= 0.3 is 0 Å². The lowest BCUT2D eigenvalue weighted by Crippen LogP contribution is -2.16. The highest BCUT2D eigenvalue weighted by Gasteiger charge is 2.35. The first kappa shape index (κ1) is 36.5. The van der Waals surface area contributed by atoms with E-state index in [1.54, 1.807) is 0 Å². The molecule has 0 saturated heterocycles. The number of benzene rings is 10. The van der Waals surface area contributed by atoms with Crippen molar-refractivity contribution in [3.8, 4) is 44.5 Å². The lowest BCUT2D eigenvalue weighted by atomic mass is 9.82. The van der Waals surface area contributed by atoms with E-state index in [2.05, 4.69) is 213 Å². The second-order valence-corrected chi connectivity index (χ2v) is 17.6. The highest BCUT2D eigenvalue weighted by atomic mass is 16.3. The Hall–Kier alpha value is -8.14. The van der Waals surface area contributed by atoms with Gasteiger partial charge < -0.3 is 13.7 Å². The summed E-state index contributed by atoms with van der Waals surface area (Å²) in [6.45, 7) is 4.70. The fourth-order valence-corrected chi connectivity index (χ4v) is 10.5. The second-order valence-electron chi connectivity index (χ2n) is 17.6. The van der Waals surface area contributed by atoms with Gasteiger partial charge in [0.15, 0.2) is 0 Å². The molecule has 0 fully saturated rings. The summed E-state index contributed by atoms with van der Waals surface area (Å²) in [5.74, 6) is 0. The molecule has 2 heterocycles. The molecule has 0 N–H and O–H groups in total. The molecule has 0 spiro atoms. The van der Waals surface area contributed by atoms with Gasteiger partial charge in [-0.2, -0.15) is 0 Å². The van der Waals surface area contributed by atoms with Gasteiger partial charge in [0.25, 0.3) is 0 Å². The minimum absolute atomic E-state index is 0.124. The van der Waals surface area contributed by atoms with Crippen LogP contribution in [0.5, 0.6) is 0 Å². The van der Waals surface area contributed by atoms with Crippen LogP contribution in [0.1, 0.15) is 25.0 Å². The van der Waals surface area contributed by atoms with Gasteiger partial charge in [0, 0.05) is 49.6 Å². The van der Waals surface area contributed by atoms with Crippen molar-refractivity contribution in [1.82, 2.24) is 0 Å². The van der Waals surface area contributed by atoms with Crippen LogP contribution < -0.4 is 4.90 Å². The fourth-order valence-electron chi connectivity index (χ4n) is 10.5. The third-order valence-corrected chi connectivity index (χ3v) is 13.7. The van der Waals surface area contributed by atoms with Crippen molar-refractivity contribution in [2.45, 2.75) is 19.3 Å². The van der Waals surface area contributed by atoms with Crippen LogP contribution in [0.4, 0.5) is 17.1 Å². The molecule has 0 aliphatic heterocycles. The molecule has 3 nitrogen and oxygen atoms in total. The summed E-state index contributed by atoms with van der Waals surface area (Å²) in [7, 11) is 0. The van der Waals surface area contributed by atoms with Crippen molar-refractivity contribution in [1.29, 1.82) is 0 Å². The molecule has 1 aliphatic rings. The van der Waals surface area contributed by atoms with Gasteiger partial charge in [-0.3, -0.25) is 0 Å². The van der Waals surface area contributed by atoms with Crippen LogP contribution in [0.3, 0.4) is 0 Å². The zero-order valence-electron chi connectivity index (χ0n) is 35.5. The number of hydrogen-bond acceptors (Lipinski definition) is 3. The summed E-state index contributed by atoms with van der Waals surface area (Å²) in [5, 5.41) is 6.69. The molecule has 302 valence electrons. The van der Waals surface area contributed by atoms with E-state index in [-0.39, 0.29) is 5.41 Å². The average Bonchev–Trinajstić information content (AvgIpc) is 3.99. The van der Waals surface area contributed by atoms with Crippen molar-refractivity contribution in [3.63, 3.8) is 0 Å². The summed E-state index contributed by atoms with van der Waals surface area (Å²) in [5.41, 5.74) is 18.8. The summed E-state index contributed by atoms with van der Waals surface area (Å²) in [4.78, 5) is 2.40. The van der Waals surface area contributed by atoms with E-state index in [4.69, 9.17) is 8.83 Å². The van der Waals surface area contributed by atoms with Crippen LogP contribution >= 0.6 is 0 Å². The quantitative estimate of drug-likeness (QED) is 0.167. The van der Waals surface area contributed by atoms with Gasteiger partial charge in [-0.15, -0.1) is 0 Å². The normalized spacial score (nSPS) is 13.0. The number of nitrogens with zero attached hydrogens (tertiary/aromatic N) is 1. The molecular formula is C61H41NO2. The number of hydrogen-bond donors (Lipinski definition) is 0. The van der Waals surface area contributed by atoms with E-state index < -0.39 is 0 Å². The van der Waals surface area contributed by atoms with E-state index in [0.717, 1.165) is 83.2 Å². The van der Waals surface area contributed by atoms with Crippen molar-refractivity contribution in [2.75, 3.05) is 4.90 Å². The standard InChI is InChI=1S/C61H41NO2/c1-61(2)53-21-10-8-18-48(53)49-32-31-45(37-54(49)61)62(43-27-23-39(24-28-43)38-13-4-3-5-14-38)44-29-25-40(26-30-44)42-35-51(47-20-12-16-41-15-6-7-17-46(41)47)60-52(36-42)59-57(64-60)34-33-56-58(59)50-19-9-11-22-55(50)63-56/h3-37H,1-2H3. The Morgan fingerprint density at radius 2 is 0.922 bits per heavy atom. The zero-order chi connectivity index (χ0) is 42.5. The number of rotatable bonds is 6. The van der Waals surface area contributed by atoms with E-state index in [1.165, 1.54) is 44.2 Å². The van der Waals surface area contributed by atoms with Crippen LogP contribution in [0.2, 0.25) is 0 Å². The minimum atomic E-state index is -0.124. The number of furan rings is 2. The summed E-state index contributed by atoms with van der Waals surface area (Å²) >= 11 is 0. The largest absolute Gasteiger partial charge is 0.456 e. The van der Waals surface area contributed by atoms with E-state index in [9.17, 15) is 0 Å². The number of fused-ring (bicyclic) bond motifs is 11. The molecule has 0 unspecified atom stereocenters. The Kier molecular flexibility index (Phi) is 7.95. The van der Waals surface area contributed by atoms with Crippen LogP contribution in [-0.2, 0) is 5.41 Å². The Morgan fingerprint density at radius 3 is 1.72 bits per heavy atom. The van der Waals surface area contributed by atoms with Gasteiger partial charge in [0.1, 0.15) is 22.3 Å². The Labute approximate surface area is 371 Å². The highest BCUT2D eigenvalue weighted by Crippen LogP contribution is 2.51. The van der Waals surface area contributed by atoms with Gasteiger partial charge in [0.05, 0.1) is 0 Å². The molecule has 0 amide bonds. The third kappa shape index (κ3) is 5.54. The maximum atomic E-state index is 6.91. The first-order valence-corrected chi connectivity index (χ1v) is 22.1. The van der Waals surface area contributed by atoms with E-state index >= 15 is 0 Å². The molecule has 13 rings (SSSR count). The van der Waals surface area contributed by atoms with Gasteiger partial charge in [-0.05, 0) is 128 Å². The molecule has 0 atom stereocenters. The molecule has 0 bridgehead atoms. The van der Waals surface area contributed by atoms with Gasteiger partial charge in [0.2, 0.25) is 0 Å². The Bertz CT molecular complexity index is 3790. The summed E-state index contributed by atoms with van der Waals surface area (Å²) in [6, 6.07) is 76.7. The Morgan fingerprint density at radius 1 is 0.344 bits per heavy atom. The van der Waals surface area contributed by atoms with Crippen LogP contribution in [0, 0.1) is 0 Å². The van der Waals surface area contributed by atoms with Crippen LogP contribution in [-0.4, -0.2) is 0 Å². The number of anilines is 3. The SMILES string of the molecule is CC1(C)c2ccccc2-c2ccc(N(c3ccc(-c4ccccc4)cc3)c3ccc(-c4cc(-c5cccc6ccccc56)c5oc6ccc7oc8ccccc8c7c6c5c4)cc3)cc21. The van der Waals surface area contributed by atoms with Gasteiger partial charge in [-0.1, -0.05) is 159 Å². The second kappa shape index (κ2) is 13.9. The predicted octanol–water partition coefficient (Wildman–Crippen LogP) is 17.4. The molecule has 0 saturated carbocycles. The molecule has 64 heavy (non-hydrogen) atoms. The maximum Gasteiger partial charge on any atom is 0.143 e. The topological polar surface area (TPSA) is 29.5 Å². The van der Waals surface area contributed by atoms with Crippen LogP contribution in [0.15, 0.2) is 221 Å². The highest BCUT2D eigenvalue weighted by molar-refractivity contribution is 6.27. The monoisotopic (exact) mass is 819 g/mol. The maximum absolute atomic E-state index is 6.91. The summed E-state index contributed by atoms with van der Waals surface area (Å²) in [6.07, 6.45) is 0. The summed E-state index contributed by atoms with van der Waals surface area (Å²) < 4.78 is 13.3. The molecular weight excluding hydrogens is 779 g/mol. The third-order valence-electron chi connectivity index (χ3n) is 13.7. The van der Waals surface area contributed by atoms with Crippen LogP contribution in [0.25, 0.3) is 99.2 Å². The molecule has 3 heteroatoms. The molecule has 1 aliphatic carbocycles. The predicted molar refractivity (Wildman–Crippen MR) is 267 cm³/mol. The zero-order valence-corrected chi connectivity index (χ0v) is 35.5. The van der Waals surface area contributed by atoms with E-state index in [0.29, 0.717) is 0 Å². The average molecular weight is 820 g/mol. The van der Waals surface area contributed by atoms with Crippen molar-refractivity contribution in [3.05, 3.63) is 223 Å². The lowest BCUT2D eigenvalue weighted by molar-refractivity contribution is 0.660. The molecule has 2 aromatic heterocycles. The Balaban J connectivity index is 0.993. The van der Waals surface area contributed by atoms with E-state index in [1.807, 2.05) is 18.2 Å². The minimum Gasteiger partial charge on any atom is -0.456 e. The first-order valence-electron chi connectivity index (χ1n) is 22.1. The smallest absolute Gasteiger partial charge is 0.143 e. The molecule has 12 aromatic rings.